The van der Waals surface area contributed by atoms with Crippen LogP contribution < -0.4 is 5.32 Å². The van der Waals surface area contributed by atoms with Crippen LogP contribution >= 0.6 is 15.9 Å². The number of hydrogen-bond donors (Lipinski definition) is 1. The van der Waals surface area contributed by atoms with Crippen LogP contribution in [-0.4, -0.2) is 4.98 Å². The number of nitrogens with zero attached hydrogens (tertiary/aromatic N) is 1. The Bertz CT molecular complexity index is 722. The van der Waals surface area contributed by atoms with Crippen LogP contribution in [-0.2, 0) is 0 Å². The molecule has 0 aliphatic carbocycles. The van der Waals surface area contributed by atoms with Gasteiger partial charge in [0.1, 0.15) is 5.82 Å². The molecule has 1 atom stereocenters. The van der Waals surface area contributed by atoms with Crippen LogP contribution in [0.4, 0.5) is 5.82 Å². The number of anilines is 1. The van der Waals surface area contributed by atoms with Crippen molar-refractivity contribution >= 4 is 32.7 Å². The maximum Gasteiger partial charge on any atom is 0.127 e. The molecule has 0 spiro atoms. The molecular weight excluding hydrogens is 312 g/mol. The second kappa shape index (κ2) is 5.63. The molecule has 0 radical (unpaired) electrons. The molecule has 0 fully saturated rings. The lowest BCUT2D eigenvalue weighted by atomic mass is 10.1. The summed E-state index contributed by atoms with van der Waals surface area (Å²) in [5.74, 6) is 0.902. The van der Waals surface area contributed by atoms with Gasteiger partial charge in [0, 0.05) is 15.9 Å². The lowest BCUT2D eigenvalue weighted by molar-refractivity contribution is 0.876. The Morgan fingerprint density at radius 2 is 1.70 bits per heavy atom. The maximum absolute atomic E-state index is 4.64. The van der Waals surface area contributed by atoms with Gasteiger partial charge in [-0.25, -0.2) is 4.98 Å². The Balaban J connectivity index is 1.83. The van der Waals surface area contributed by atoms with E-state index in [1.807, 2.05) is 24.3 Å². The molecule has 1 heterocycles. The first-order valence-corrected chi connectivity index (χ1v) is 7.39. The number of para-hydroxylation sites is 1. The Labute approximate surface area is 127 Å². The number of pyridine rings is 1. The molecule has 3 aromatic rings. The van der Waals surface area contributed by atoms with Gasteiger partial charge in [-0.1, -0.05) is 46.3 Å². The molecule has 20 heavy (non-hydrogen) atoms. The van der Waals surface area contributed by atoms with Crippen molar-refractivity contribution in [3.8, 4) is 0 Å². The Kier molecular flexibility index (Phi) is 3.70. The molecule has 100 valence electrons. The number of hydrogen-bond acceptors (Lipinski definition) is 2. The topological polar surface area (TPSA) is 24.9 Å². The Morgan fingerprint density at radius 1 is 0.950 bits per heavy atom. The smallest absolute Gasteiger partial charge is 0.127 e. The normalized spacial score (nSPS) is 12.3. The van der Waals surface area contributed by atoms with E-state index in [2.05, 4.69) is 69.6 Å². The van der Waals surface area contributed by atoms with E-state index in [-0.39, 0.29) is 6.04 Å². The number of benzene rings is 2. The minimum Gasteiger partial charge on any atom is -0.364 e. The first-order chi connectivity index (χ1) is 9.72. The van der Waals surface area contributed by atoms with E-state index in [9.17, 15) is 0 Å². The van der Waals surface area contributed by atoms with Gasteiger partial charge in [0.15, 0.2) is 0 Å². The molecule has 0 amide bonds. The molecule has 1 unspecified atom stereocenters. The van der Waals surface area contributed by atoms with Gasteiger partial charge >= 0.3 is 0 Å². The van der Waals surface area contributed by atoms with Gasteiger partial charge in [-0.2, -0.15) is 0 Å². The predicted molar refractivity (Wildman–Crippen MR) is 87.9 cm³/mol. The molecule has 3 rings (SSSR count). The van der Waals surface area contributed by atoms with Gasteiger partial charge < -0.3 is 5.32 Å². The van der Waals surface area contributed by atoms with Crippen LogP contribution in [0.5, 0.6) is 0 Å². The fourth-order valence-electron chi connectivity index (χ4n) is 2.20. The molecule has 0 aliphatic rings. The molecule has 0 aliphatic heterocycles. The molecule has 0 saturated heterocycles. The van der Waals surface area contributed by atoms with Crippen molar-refractivity contribution in [2.75, 3.05) is 5.32 Å². The van der Waals surface area contributed by atoms with Crippen molar-refractivity contribution in [2.24, 2.45) is 0 Å². The average Bonchev–Trinajstić information content (AvgIpc) is 2.48. The number of fused-ring (bicyclic) bond motifs is 1. The fraction of sp³-hybridized carbons (Fsp3) is 0.118. The SMILES string of the molecule is CC(Nc1ccc2ccccc2n1)c1ccc(Br)cc1. The van der Waals surface area contributed by atoms with Crippen molar-refractivity contribution in [3.63, 3.8) is 0 Å². The van der Waals surface area contributed by atoms with Gasteiger partial charge in [-0.05, 0) is 42.8 Å². The van der Waals surface area contributed by atoms with E-state index in [1.165, 1.54) is 5.56 Å². The standard InChI is InChI=1S/C17H15BrN2/c1-12(13-6-9-15(18)10-7-13)19-17-11-8-14-4-2-3-5-16(14)20-17/h2-12H,1H3,(H,19,20). The summed E-state index contributed by atoms with van der Waals surface area (Å²) >= 11 is 3.46. The highest BCUT2D eigenvalue weighted by molar-refractivity contribution is 9.10. The molecule has 1 aromatic heterocycles. The Morgan fingerprint density at radius 3 is 2.50 bits per heavy atom. The van der Waals surface area contributed by atoms with Crippen molar-refractivity contribution < 1.29 is 0 Å². The highest BCUT2D eigenvalue weighted by Gasteiger charge is 2.06. The second-order valence-corrected chi connectivity index (χ2v) is 5.72. The van der Waals surface area contributed by atoms with Crippen LogP contribution in [0.1, 0.15) is 18.5 Å². The van der Waals surface area contributed by atoms with Gasteiger partial charge in [0.25, 0.3) is 0 Å². The third kappa shape index (κ3) is 2.83. The first kappa shape index (κ1) is 13.1. The van der Waals surface area contributed by atoms with Gasteiger partial charge in [0.05, 0.1) is 5.52 Å². The molecule has 3 heteroatoms. The molecule has 0 bridgehead atoms. The van der Waals surface area contributed by atoms with E-state index < -0.39 is 0 Å². The summed E-state index contributed by atoms with van der Waals surface area (Å²) in [6.45, 7) is 2.14. The second-order valence-electron chi connectivity index (χ2n) is 4.81. The molecular formula is C17H15BrN2. The largest absolute Gasteiger partial charge is 0.364 e. The maximum atomic E-state index is 4.64. The first-order valence-electron chi connectivity index (χ1n) is 6.60. The summed E-state index contributed by atoms with van der Waals surface area (Å²) in [4.78, 5) is 4.64. The van der Waals surface area contributed by atoms with E-state index in [1.54, 1.807) is 0 Å². The summed E-state index contributed by atoms with van der Waals surface area (Å²) in [5.41, 5.74) is 2.25. The van der Waals surface area contributed by atoms with Crippen LogP contribution in [0.3, 0.4) is 0 Å². The van der Waals surface area contributed by atoms with Gasteiger partial charge in [-0.3, -0.25) is 0 Å². The van der Waals surface area contributed by atoms with Crippen molar-refractivity contribution in [3.05, 3.63) is 70.7 Å². The zero-order valence-corrected chi connectivity index (χ0v) is 12.8. The van der Waals surface area contributed by atoms with Gasteiger partial charge in [0.2, 0.25) is 0 Å². The van der Waals surface area contributed by atoms with Crippen molar-refractivity contribution in [1.29, 1.82) is 0 Å². The van der Waals surface area contributed by atoms with Crippen molar-refractivity contribution in [1.82, 2.24) is 4.98 Å². The summed E-state index contributed by atoms with van der Waals surface area (Å²) in [6, 6.07) is 20.8. The summed E-state index contributed by atoms with van der Waals surface area (Å²) in [5, 5.41) is 4.60. The molecule has 2 nitrogen and oxygen atoms in total. The lowest BCUT2D eigenvalue weighted by Gasteiger charge is -2.15. The van der Waals surface area contributed by atoms with Crippen LogP contribution in [0.25, 0.3) is 10.9 Å². The molecule has 0 saturated carbocycles. The number of halogens is 1. The fourth-order valence-corrected chi connectivity index (χ4v) is 2.47. The summed E-state index contributed by atoms with van der Waals surface area (Å²) < 4.78 is 1.09. The van der Waals surface area contributed by atoms with Gasteiger partial charge in [-0.15, -0.1) is 0 Å². The molecule has 1 N–H and O–H groups in total. The summed E-state index contributed by atoms with van der Waals surface area (Å²) in [7, 11) is 0. The molecule has 2 aromatic carbocycles. The lowest BCUT2D eigenvalue weighted by Crippen LogP contribution is -2.07. The summed E-state index contributed by atoms with van der Waals surface area (Å²) in [6.07, 6.45) is 0. The highest BCUT2D eigenvalue weighted by atomic mass is 79.9. The highest BCUT2D eigenvalue weighted by Crippen LogP contribution is 2.21. The van der Waals surface area contributed by atoms with E-state index >= 15 is 0 Å². The van der Waals surface area contributed by atoms with Crippen LogP contribution in [0, 0.1) is 0 Å². The van der Waals surface area contributed by atoms with Crippen molar-refractivity contribution in [2.45, 2.75) is 13.0 Å². The average molecular weight is 327 g/mol. The zero-order valence-electron chi connectivity index (χ0n) is 11.2. The third-order valence-electron chi connectivity index (χ3n) is 3.33. The number of aromatic nitrogens is 1. The minimum atomic E-state index is 0.219. The monoisotopic (exact) mass is 326 g/mol. The number of nitrogens with one attached hydrogen (secondary N) is 1. The third-order valence-corrected chi connectivity index (χ3v) is 3.86. The van der Waals surface area contributed by atoms with Crippen LogP contribution in [0.2, 0.25) is 0 Å². The van der Waals surface area contributed by atoms with E-state index in [4.69, 9.17) is 0 Å². The minimum absolute atomic E-state index is 0.219. The quantitative estimate of drug-likeness (QED) is 0.718. The van der Waals surface area contributed by atoms with E-state index in [0.717, 1.165) is 21.2 Å². The Hall–Kier alpha value is -1.87. The van der Waals surface area contributed by atoms with Crippen LogP contribution in [0.15, 0.2) is 65.1 Å². The number of rotatable bonds is 3. The predicted octanol–water partition coefficient (Wildman–Crippen LogP) is 5.17. The zero-order chi connectivity index (χ0) is 13.9. The van der Waals surface area contributed by atoms with E-state index in [0.29, 0.717) is 0 Å².